The van der Waals surface area contributed by atoms with Crippen LogP contribution in [-0.4, -0.2) is 9.97 Å². The highest BCUT2D eigenvalue weighted by atomic mass is 14.6. The number of fused-ring (bicyclic) bond motifs is 5. The van der Waals surface area contributed by atoms with Gasteiger partial charge in [-0.05, 0) is 153 Å². The molecule has 0 saturated heterocycles. The van der Waals surface area contributed by atoms with E-state index < -0.39 is 0 Å². The molecule has 0 radical (unpaired) electrons. The third kappa shape index (κ3) is 5.04. The Balaban J connectivity index is 1.38. The Labute approximate surface area is 302 Å². The number of hydrogen-bond acceptors (Lipinski definition) is 2. The van der Waals surface area contributed by atoms with E-state index in [0.717, 1.165) is 11.1 Å². The van der Waals surface area contributed by atoms with Crippen molar-refractivity contribution < 1.29 is 0 Å². The molecular weight excluding hydrogens is 629 g/mol. The van der Waals surface area contributed by atoms with Crippen LogP contribution >= 0.6 is 0 Å². The van der Waals surface area contributed by atoms with Crippen LogP contribution in [0.25, 0.3) is 98.7 Å². The minimum atomic E-state index is 1.15. The van der Waals surface area contributed by atoms with E-state index >= 15 is 0 Å². The lowest BCUT2D eigenvalue weighted by atomic mass is 9.82. The summed E-state index contributed by atoms with van der Waals surface area (Å²) in [6.07, 6.45) is 7.46. The van der Waals surface area contributed by atoms with Crippen molar-refractivity contribution in [2.24, 2.45) is 0 Å². The lowest BCUT2D eigenvalue weighted by Gasteiger charge is -2.21. The first-order valence-electron chi connectivity index (χ1n) is 17.7. The van der Waals surface area contributed by atoms with Crippen LogP contribution in [0.2, 0.25) is 0 Å². The molecule has 10 aromatic rings. The maximum Gasteiger partial charge on any atom is 0.0273 e. The summed E-state index contributed by atoms with van der Waals surface area (Å²) in [6.45, 7) is 0. The van der Waals surface area contributed by atoms with Gasteiger partial charge in [0.25, 0.3) is 0 Å². The van der Waals surface area contributed by atoms with Crippen LogP contribution in [0.1, 0.15) is 0 Å². The molecule has 0 spiro atoms. The van der Waals surface area contributed by atoms with Gasteiger partial charge in [0.2, 0.25) is 0 Å². The fourth-order valence-corrected chi connectivity index (χ4v) is 8.05. The molecule has 2 nitrogen and oxygen atoms in total. The highest BCUT2D eigenvalue weighted by Gasteiger charge is 2.20. The number of aromatic nitrogens is 2. The van der Waals surface area contributed by atoms with E-state index in [4.69, 9.17) is 0 Å². The fraction of sp³-hybridized carbons (Fsp3) is 0. The van der Waals surface area contributed by atoms with E-state index in [1.165, 1.54) is 87.6 Å². The molecular formula is C50H32N2. The Morgan fingerprint density at radius 2 is 0.712 bits per heavy atom. The molecule has 0 aliphatic rings. The number of hydrogen-bond donors (Lipinski definition) is 0. The normalized spacial score (nSPS) is 11.5. The molecule has 2 heterocycles. The van der Waals surface area contributed by atoms with E-state index in [9.17, 15) is 0 Å². The number of rotatable bonds is 5. The Hall–Kier alpha value is -6.90. The van der Waals surface area contributed by atoms with E-state index in [0.29, 0.717) is 0 Å². The summed E-state index contributed by atoms with van der Waals surface area (Å²) < 4.78 is 0. The van der Waals surface area contributed by atoms with Gasteiger partial charge < -0.3 is 0 Å². The van der Waals surface area contributed by atoms with Gasteiger partial charge in [-0.25, -0.2) is 0 Å². The average molecular weight is 661 g/mol. The van der Waals surface area contributed by atoms with Gasteiger partial charge in [0, 0.05) is 24.8 Å². The van der Waals surface area contributed by atoms with Gasteiger partial charge in [-0.3, -0.25) is 9.97 Å². The number of pyridine rings is 2. The summed E-state index contributed by atoms with van der Waals surface area (Å²) in [5, 5.41) is 9.91. The van der Waals surface area contributed by atoms with Crippen LogP contribution in [0.5, 0.6) is 0 Å². The maximum atomic E-state index is 4.28. The molecule has 10 rings (SSSR count). The Morgan fingerprint density at radius 3 is 1.29 bits per heavy atom. The quantitative estimate of drug-likeness (QED) is 0.136. The molecule has 2 heteroatoms. The molecule has 0 fully saturated rings. The smallest absolute Gasteiger partial charge is 0.0273 e. The van der Waals surface area contributed by atoms with Crippen molar-refractivity contribution in [3.8, 4) is 55.6 Å². The van der Waals surface area contributed by atoms with Gasteiger partial charge in [0.1, 0.15) is 0 Å². The lowest BCUT2D eigenvalue weighted by molar-refractivity contribution is 1.33. The second-order valence-electron chi connectivity index (χ2n) is 13.4. The van der Waals surface area contributed by atoms with Crippen molar-refractivity contribution in [2.45, 2.75) is 0 Å². The van der Waals surface area contributed by atoms with Crippen molar-refractivity contribution in [1.82, 2.24) is 9.97 Å². The Morgan fingerprint density at radius 1 is 0.250 bits per heavy atom. The predicted octanol–water partition coefficient (Wildman–Crippen LogP) is 13.4. The number of benzene rings is 8. The van der Waals surface area contributed by atoms with E-state index in [-0.39, 0.29) is 0 Å². The van der Waals surface area contributed by atoms with Gasteiger partial charge in [0.15, 0.2) is 0 Å². The largest absolute Gasteiger partial charge is 0.265 e. The first kappa shape index (κ1) is 30.0. The monoisotopic (exact) mass is 660 g/mol. The molecule has 0 bridgehead atoms. The van der Waals surface area contributed by atoms with Crippen LogP contribution in [0, 0.1) is 0 Å². The van der Waals surface area contributed by atoms with Gasteiger partial charge in [-0.1, -0.05) is 115 Å². The molecule has 52 heavy (non-hydrogen) atoms. The zero-order chi connectivity index (χ0) is 34.4. The summed E-state index contributed by atoms with van der Waals surface area (Å²) in [7, 11) is 0. The average Bonchev–Trinajstić information content (AvgIpc) is 3.23. The highest BCUT2D eigenvalue weighted by molar-refractivity contribution is 6.27. The van der Waals surface area contributed by atoms with Gasteiger partial charge in [0.05, 0.1) is 0 Å². The van der Waals surface area contributed by atoms with Crippen molar-refractivity contribution in [1.29, 1.82) is 0 Å². The molecule has 0 atom stereocenters. The second kappa shape index (κ2) is 12.5. The summed E-state index contributed by atoms with van der Waals surface area (Å²) in [6, 6.07) is 62.1. The van der Waals surface area contributed by atoms with Crippen molar-refractivity contribution in [2.75, 3.05) is 0 Å². The van der Waals surface area contributed by atoms with E-state index in [2.05, 4.69) is 180 Å². The maximum absolute atomic E-state index is 4.28. The molecule has 0 amide bonds. The molecule has 0 aliphatic heterocycles. The molecule has 0 unspecified atom stereocenters. The van der Waals surface area contributed by atoms with Crippen molar-refractivity contribution >= 4 is 43.1 Å². The zero-order valence-electron chi connectivity index (χ0n) is 28.4. The van der Waals surface area contributed by atoms with Crippen LogP contribution in [-0.2, 0) is 0 Å². The SMILES string of the molecule is c1ccc(-c2cc3ccccc3c3cc4c(-c5cccc(-c6ccncc6)c5)c5ccccc5c(-c5cccc(-c6ccncc6)c5)c4cc23)cc1. The molecule has 0 aliphatic carbocycles. The third-order valence-electron chi connectivity index (χ3n) is 10.4. The van der Waals surface area contributed by atoms with Crippen molar-refractivity contribution in [3.05, 3.63) is 195 Å². The Bertz CT molecular complexity index is 2930. The van der Waals surface area contributed by atoms with Crippen LogP contribution in [0.4, 0.5) is 0 Å². The third-order valence-corrected chi connectivity index (χ3v) is 10.4. The minimum Gasteiger partial charge on any atom is -0.265 e. The summed E-state index contributed by atoms with van der Waals surface area (Å²) in [4.78, 5) is 8.55. The first-order valence-corrected chi connectivity index (χ1v) is 17.7. The Kier molecular flexibility index (Phi) is 7.18. The molecule has 2 aromatic heterocycles. The lowest BCUT2D eigenvalue weighted by Crippen LogP contribution is -1.93. The minimum absolute atomic E-state index is 1.15. The first-order chi connectivity index (χ1) is 25.8. The van der Waals surface area contributed by atoms with E-state index in [1.54, 1.807) is 0 Å². The van der Waals surface area contributed by atoms with Crippen LogP contribution < -0.4 is 0 Å². The topological polar surface area (TPSA) is 25.8 Å². The summed E-state index contributed by atoms with van der Waals surface area (Å²) in [5.74, 6) is 0. The standard InChI is InChI=1S/C50H32N2/c1-2-10-35(11-3-1)44-30-38-12-4-5-17-41(38)45-31-47-48(32-46(44)45)50(40-16-9-14-37(29-40)34-22-26-52-27-23-34)43-19-7-6-18-42(43)49(47)39-15-8-13-36(28-39)33-20-24-51-25-21-33/h1-32H. The second-order valence-corrected chi connectivity index (χ2v) is 13.4. The van der Waals surface area contributed by atoms with Crippen LogP contribution in [0.3, 0.4) is 0 Å². The fourth-order valence-electron chi connectivity index (χ4n) is 8.05. The van der Waals surface area contributed by atoms with Gasteiger partial charge in [-0.15, -0.1) is 0 Å². The molecule has 8 aromatic carbocycles. The molecule has 0 N–H and O–H groups in total. The molecule has 242 valence electrons. The van der Waals surface area contributed by atoms with Crippen LogP contribution in [0.15, 0.2) is 195 Å². The molecule has 0 saturated carbocycles. The highest BCUT2D eigenvalue weighted by Crippen LogP contribution is 2.48. The van der Waals surface area contributed by atoms with Gasteiger partial charge >= 0.3 is 0 Å². The summed E-state index contributed by atoms with van der Waals surface area (Å²) in [5.41, 5.74) is 12.0. The number of nitrogens with zero attached hydrogens (tertiary/aromatic N) is 2. The van der Waals surface area contributed by atoms with Crippen molar-refractivity contribution in [3.63, 3.8) is 0 Å². The predicted molar refractivity (Wildman–Crippen MR) is 219 cm³/mol. The van der Waals surface area contributed by atoms with Gasteiger partial charge in [-0.2, -0.15) is 0 Å². The zero-order valence-corrected chi connectivity index (χ0v) is 28.4. The van der Waals surface area contributed by atoms with E-state index in [1.807, 2.05) is 24.8 Å². The summed E-state index contributed by atoms with van der Waals surface area (Å²) >= 11 is 0.